The van der Waals surface area contributed by atoms with Gasteiger partial charge in [0.1, 0.15) is 5.78 Å². The SMILES string of the molecule is CCOC(=O)N(CCC(=O)CBr)c1ccccc1C. The van der Waals surface area contributed by atoms with E-state index in [1.807, 2.05) is 31.2 Å². The van der Waals surface area contributed by atoms with E-state index in [2.05, 4.69) is 15.9 Å². The summed E-state index contributed by atoms with van der Waals surface area (Å²) >= 11 is 3.12. The fraction of sp³-hybridized carbons (Fsp3) is 0.429. The van der Waals surface area contributed by atoms with Gasteiger partial charge in [-0.3, -0.25) is 9.69 Å². The molecule has 0 radical (unpaired) electrons. The first-order chi connectivity index (χ1) is 9.10. The maximum Gasteiger partial charge on any atom is 0.414 e. The normalized spacial score (nSPS) is 10.1. The van der Waals surface area contributed by atoms with Crippen LogP contribution in [-0.2, 0) is 9.53 Å². The van der Waals surface area contributed by atoms with E-state index in [0.29, 0.717) is 24.9 Å². The molecule has 104 valence electrons. The van der Waals surface area contributed by atoms with Crippen LogP contribution in [0.3, 0.4) is 0 Å². The third-order valence-corrected chi connectivity index (χ3v) is 3.28. The van der Waals surface area contributed by atoms with Crippen LogP contribution < -0.4 is 4.90 Å². The second-order valence-electron chi connectivity index (χ2n) is 4.06. The zero-order valence-corrected chi connectivity index (χ0v) is 12.8. The molecule has 0 atom stereocenters. The van der Waals surface area contributed by atoms with Gasteiger partial charge in [0.05, 0.1) is 11.9 Å². The summed E-state index contributed by atoms with van der Waals surface area (Å²) in [5, 5.41) is 0.303. The van der Waals surface area contributed by atoms with E-state index in [-0.39, 0.29) is 5.78 Å². The van der Waals surface area contributed by atoms with Gasteiger partial charge in [0.2, 0.25) is 0 Å². The zero-order valence-electron chi connectivity index (χ0n) is 11.2. The van der Waals surface area contributed by atoms with Crippen molar-refractivity contribution in [2.24, 2.45) is 0 Å². The van der Waals surface area contributed by atoms with Crippen molar-refractivity contribution in [1.82, 2.24) is 0 Å². The van der Waals surface area contributed by atoms with Crippen LogP contribution in [0, 0.1) is 6.92 Å². The van der Waals surface area contributed by atoms with Crippen LogP contribution in [0.5, 0.6) is 0 Å². The van der Waals surface area contributed by atoms with E-state index in [4.69, 9.17) is 4.74 Å². The van der Waals surface area contributed by atoms with Crippen LogP contribution in [-0.4, -0.2) is 30.4 Å². The van der Waals surface area contributed by atoms with Crippen LogP contribution in [0.2, 0.25) is 0 Å². The number of ether oxygens (including phenoxy) is 1. The standard InChI is InChI=1S/C14H18BrNO3/c1-3-19-14(18)16(9-8-12(17)10-15)13-7-5-4-6-11(13)2/h4-7H,3,8-10H2,1-2H3. The first-order valence-corrected chi connectivity index (χ1v) is 7.29. The lowest BCUT2D eigenvalue weighted by atomic mass is 10.1. The molecule has 4 nitrogen and oxygen atoms in total. The lowest BCUT2D eigenvalue weighted by Gasteiger charge is -2.23. The van der Waals surface area contributed by atoms with Gasteiger partial charge in [-0.05, 0) is 25.5 Å². The summed E-state index contributed by atoms with van der Waals surface area (Å²) in [7, 11) is 0. The third-order valence-electron chi connectivity index (χ3n) is 2.66. The monoisotopic (exact) mass is 327 g/mol. The smallest absolute Gasteiger partial charge is 0.414 e. The number of alkyl halides is 1. The summed E-state index contributed by atoms with van der Waals surface area (Å²) in [6.07, 6.45) is -0.113. The number of hydrogen-bond acceptors (Lipinski definition) is 3. The number of halogens is 1. The number of benzene rings is 1. The molecule has 0 heterocycles. The number of aryl methyl sites for hydroxylation is 1. The number of amides is 1. The van der Waals surface area contributed by atoms with Crippen molar-refractivity contribution in [1.29, 1.82) is 0 Å². The van der Waals surface area contributed by atoms with Crippen molar-refractivity contribution in [3.05, 3.63) is 29.8 Å². The van der Waals surface area contributed by atoms with Crippen LogP contribution in [0.15, 0.2) is 24.3 Å². The van der Waals surface area contributed by atoms with E-state index >= 15 is 0 Å². The maximum atomic E-state index is 12.0. The fourth-order valence-electron chi connectivity index (χ4n) is 1.68. The number of anilines is 1. The molecule has 19 heavy (non-hydrogen) atoms. The van der Waals surface area contributed by atoms with Gasteiger partial charge in [-0.2, -0.15) is 0 Å². The van der Waals surface area contributed by atoms with Gasteiger partial charge in [-0.15, -0.1) is 0 Å². The largest absolute Gasteiger partial charge is 0.449 e. The maximum absolute atomic E-state index is 12.0. The quantitative estimate of drug-likeness (QED) is 0.753. The van der Waals surface area contributed by atoms with Crippen molar-refractivity contribution < 1.29 is 14.3 Å². The van der Waals surface area contributed by atoms with Gasteiger partial charge in [0.15, 0.2) is 0 Å². The minimum absolute atomic E-state index is 0.0582. The molecule has 0 aliphatic heterocycles. The van der Waals surface area contributed by atoms with Crippen molar-refractivity contribution in [2.45, 2.75) is 20.3 Å². The van der Waals surface area contributed by atoms with Crippen molar-refractivity contribution in [3.8, 4) is 0 Å². The van der Waals surface area contributed by atoms with Gasteiger partial charge in [0.25, 0.3) is 0 Å². The highest BCUT2D eigenvalue weighted by Crippen LogP contribution is 2.20. The predicted molar refractivity (Wildman–Crippen MR) is 79.0 cm³/mol. The first-order valence-electron chi connectivity index (χ1n) is 6.17. The highest BCUT2D eigenvalue weighted by molar-refractivity contribution is 9.09. The summed E-state index contributed by atoms with van der Waals surface area (Å²) in [5.74, 6) is 0.0582. The van der Waals surface area contributed by atoms with Gasteiger partial charge in [-0.25, -0.2) is 4.79 Å². The highest BCUT2D eigenvalue weighted by Gasteiger charge is 2.19. The van der Waals surface area contributed by atoms with E-state index in [1.165, 1.54) is 4.90 Å². The third kappa shape index (κ3) is 4.67. The molecular formula is C14H18BrNO3. The molecule has 1 aromatic carbocycles. The van der Waals surface area contributed by atoms with Gasteiger partial charge >= 0.3 is 6.09 Å². The Morgan fingerprint density at radius 2 is 2.00 bits per heavy atom. The van der Waals surface area contributed by atoms with E-state index in [0.717, 1.165) is 11.3 Å². The van der Waals surface area contributed by atoms with Crippen molar-refractivity contribution >= 4 is 33.5 Å². The Bertz CT molecular complexity index is 448. The molecule has 1 aromatic rings. The Morgan fingerprint density at radius 3 is 2.58 bits per heavy atom. The average Bonchev–Trinajstić information content (AvgIpc) is 2.41. The number of carbonyl (C=O) groups is 2. The first kappa shape index (κ1) is 15.7. The number of carbonyl (C=O) groups excluding carboxylic acids is 2. The molecule has 0 saturated carbocycles. The van der Waals surface area contributed by atoms with Crippen LogP contribution in [0.1, 0.15) is 18.9 Å². The Labute approximate surface area is 121 Å². The van der Waals surface area contributed by atoms with E-state index < -0.39 is 6.09 Å². The number of nitrogens with zero attached hydrogens (tertiary/aromatic N) is 1. The van der Waals surface area contributed by atoms with Gasteiger partial charge in [0, 0.05) is 18.7 Å². The molecule has 0 aromatic heterocycles. The lowest BCUT2D eigenvalue weighted by Crippen LogP contribution is -2.34. The van der Waals surface area contributed by atoms with E-state index in [9.17, 15) is 9.59 Å². The predicted octanol–water partition coefficient (Wildman–Crippen LogP) is 3.31. The summed E-state index contributed by atoms with van der Waals surface area (Å²) in [5.41, 5.74) is 1.75. The van der Waals surface area contributed by atoms with E-state index in [1.54, 1.807) is 6.92 Å². The lowest BCUT2D eigenvalue weighted by molar-refractivity contribution is -0.116. The van der Waals surface area contributed by atoms with Crippen LogP contribution >= 0.6 is 15.9 Å². The Kier molecular flexibility index (Phi) is 6.56. The molecule has 0 N–H and O–H groups in total. The van der Waals surface area contributed by atoms with Gasteiger partial charge < -0.3 is 4.74 Å². The molecule has 0 spiro atoms. The summed E-state index contributed by atoms with van der Waals surface area (Å²) in [6, 6.07) is 7.55. The molecule has 1 rings (SSSR count). The number of hydrogen-bond donors (Lipinski definition) is 0. The molecule has 0 aliphatic rings. The molecule has 1 amide bonds. The molecule has 0 unspecified atom stereocenters. The van der Waals surface area contributed by atoms with Gasteiger partial charge in [-0.1, -0.05) is 34.1 Å². The molecule has 0 bridgehead atoms. The molecule has 0 aliphatic carbocycles. The summed E-state index contributed by atoms with van der Waals surface area (Å²) in [4.78, 5) is 24.9. The van der Waals surface area contributed by atoms with Crippen molar-refractivity contribution in [3.63, 3.8) is 0 Å². The Hall–Kier alpha value is -1.36. The molecule has 0 fully saturated rings. The van der Waals surface area contributed by atoms with Crippen molar-refractivity contribution in [2.75, 3.05) is 23.4 Å². The summed E-state index contributed by atoms with van der Waals surface area (Å²) < 4.78 is 5.04. The Morgan fingerprint density at radius 1 is 1.32 bits per heavy atom. The topological polar surface area (TPSA) is 46.6 Å². The van der Waals surface area contributed by atoms with Crippen LogP contribution in [0.4, 0.5) is 10.5 Å². The molecular weight excluding hydrogens is 310 g/mol. The molecule has 0 saturated heterocycles. The highest BCUT2D eigenvalue weighted by atomic mass is 79.9. The second kappa shape index (κ2) is 7.94. The fourth-order valence-corrected chi connectivity index (χ4v) is 1.96. The number of rotatable bonds is 6. The number of Topliss-reactive ketones (excluding diaryl/α,β-unsaturated/α-hetero) is 1. The number of ketones is 1. The second-order valence-corrected chi connectivity index (χ2v) is 4.62. The Balaban J connectivity index is 2.89. The summed E-state index contributed by atoms with van der Waals surface area (Å²) in [6.45, 7) is 4.33. The zero-order chi connectivity index (χ0) is 14.3. The minimum Gasteiger partial charge on any atom is -0.449 e. The van der Waals surface area contributed by atoms with Crippen LogP contribution in [0.25, 0.3) is 0 Å². The minimum atomic E-state index is -0.417. The average molecular weight is 328 g/mol. The number of para-hydroxylation sites is 1. The molecule has 5 heteroatoms.